The summed E-state index contributed by atoms with van der Waals surface area (Å²) in [5.74, 6) is 1.10. The van der Waals surface area contributed by atoms with Crippen LogP contribution in [0.1, 0.15) is 18.4 Å². The molecule has 1 unspecified atom stereocenters. The van der Waals surface area contributed by atoms with Gasteiger partial charge >= 0.3 is 6.09 Å². The molecule has 1 fully saturated rings. The summed E-state index contributed by atoms with van der Waals surface area (Å²) in [6.45, 7) is 0.956. The first kappa shape index (κ1) is 13.5. The van der Waals surface area contributed by atoms with E-state index in [-0.39, 0.29) is 12.7 Å². The Morgan fingerprint density at radius 3 is 2.95 bits per heavy atom. The van der Waals surface area contributed by atoms with Crippen molar-refractivity contribution < 1.29 is 24.2 Å². The van der Waals surface area contributed by atoms with Crippen LogP contribution in [-0.2, 0) is 11.3 Å². The molecule has 2 heterocycles. The molecule has 112 valence electrons. The van der Waals surface area contributed by atoms with Gasteiger partial charge in [-0.15, -0.1) is 0 Å². The largest absolute Gasteiger partial charge is 0.465 e. The highest BCUT2D eigenvalue weighted by atomic mass is 16.7. The molecule has 21 heavy (non-hydrogen) atoms. The molecule has 2 aliphatic heterocycles. The molecule has 0 bridgehead atoms. The molecular formula is C14H16N2O5. The molecule has 1 saturated heterocycles. The maximum atomic E-state index is 12.1. The van der Waals surface area contributed by atoms with Crippen molar-refractivity contribution in [2.75, 3.05) is 13.3 Å². The third-order valence-electron chi connectivity index (χ3n) is 3.70. The predicted molar refractivity (Wildman–Crippen MR) is 72.2 cm³/mol. The van der Waals surface area contributed by atoms with E-state index in [0.717, 1.165) is 5.56 Å². The molecule has 0 radical (unpaired) electrons. The highest BCUT2D eigenvalue weighted by Gasteiger charge is 2.33. The van der Waals surface area contributed by atoms with Crippen LogP contribution >= 0.6 is 0 Å². The SMILES string of the molecule is O=C(NCc1ccc2c(c1)OCO2)C1CCCN1C(=O)O. The highest BCUT2D eigenvalue weighted by Crippen LogP contribution is 2.32. The number of benzene rings is 1. The van der Waals surface area contributed by atoms with Crippen LogP contribution in [0.15, 0.2) is 18.2 Å². The Morgan fingerprint density at radius 1 is 1.33 bits per heavy atom. The zero-order chi connectivity index (χ0) is 14.8. The lowest BCUT2D eigenvalue weighted by atomic mass is 10.1. The van der Waals surface area contributed by atoms with Crippen LogP contribution in [0.2, 0.25) is 0 Å². The van der Waals surface area contributed by atoms with Gasteiger partial charge in [-0.1, -0.05) is 6.07 Å². The third kappa shape index (κ3) is 2.72. The Bertz CT molecular complexity index is 574. The van der Waals surface area contributed by atoms with Crippen molar-refractivity contribution in [3.8, 4) is 11.5 Å². The van der Waals surface area contributed by atoms with E-state index in [1.807, 2.05) is 12.1 Å². The highest BCUT2D eigenvalue weighted by molar-refractivity contribution is 5.85. The van der Waals surface area contributed by atoms with Gasteiger partial charge in [-0.3, -0.25) is 9.69 Å². The van der Waals surface area contributed by atoms with E-state index in [4.69, 9.17) is 14.6 Å². The Kier molecular flexibility index (Phi) is 3.55. The molecule has 2 amide bonds. The number of ether oxygens (including phenoxy) is 2. The van der Waals surface area contributed by atoms with Crippen molar-refractivity contribution >= 4 is 12.0 Å². The quantitative estimate of drug-likeness (QED) is 0.873. The summed E-state index contributed by atoms with van der Waals surface area (Å²) >= 11 is 0. The van der Waals surface area contributed by atoms with Crippen LogP contribution < -0.4 is 14.8 Å². The monoisotopic (exact) mass is 292 g/mol. The molecule has 1 aromatic rings. The van der Waals surface area contributed by atoms with Gasteiger partial charge in [-0.2, -0.15) is 0 Å². The zero-order valence-electron chi connectivity index (χ0n) is 11.4. The van der Waals surface area contributed by atoms with E-state index < -0.39 is 12.1 Å². The fourth-order valence-corrected chi connectivity index (χ4v) is 2.63. The topological polar surface area (TPSA) is 88.1 Å². The van der Waals surface area contributed by atoms with Crippen molar-refractivity contribution in [2.45, 2.75) is 25.4 Å². The van der Waals surface area contributed by atoms with E-state index in [1.165, 1.54) is 4.90 Å². The molecule has 3 rings (SSSR count). The lowest BCUT2D eigenvalue weighted by Crippen LogP contribution is -2.45. The number of carboxylic acid groups (broad SMARTS) is 1. The lowest BCUT2D eigenvalue weighted by Gasteiger charge is -2.20. The van der Waals surface area contributed by atoms with E-state index in [1.54, 1.807) is 6.07 Å². The molecule has 1 aromatic carbocycles. The Morgan fingerprint density at radius 2 is 2.14 bits per heavy atom. The van der Waals surface area contributed by atoms with Gasteiger partial charge < -0.3 is 19.9 Å². The molecule has 2 aliphatic rings. The number of carbonyl (C=O) groups excluding carboxylic acids is 1. The Labute approximate surface area is 121 Å². The van der Waals surface area contributed by atoms with Gasteiger partial charge in [0.15, 0.2) is 11.5 Å². The average molecular weight is 292 g/mol. The van der Waals surface area contributed by atoms with Crippen LogP contribution in [0.3, 0.4) is 0 Å². The Balaban J connectivity index is 1.60. The van der Waals surface area contributed by atoms with E-state index in [0.29, 0.717) is 37.4 Å². The first-order valence-electron chi connectivity index (χ1n) is 6.81. The Hall–Kier alpha value is -2.44. The summed E-state index contributed by atoms with van der Waals surface area (Å²) in [5.41, 5.74) is 0.882. The zero-order valence-corrected chi connectivity index (χ0v) is 11.4. The van der Waals surface area contributed by atoms with Gasteiger partial charge in [-0.25, -0.2) is 4.79 Å². The molecule has 1 atom stereocenters. The summed E-state index contributed by atoms with van der Waals surface area (Å²) in [4.78, 5) is 24.3. The number of fused-ring (bicyclic) bond motifs is 1. The summed E-state index contributed by atoms with van der Waals surface area (Å²) in [5, 5.41) is 11.8. The first-order valence-corrected chi connectivity index (χ1v) is 6.81. The van der Waals surface area contributed by atoms with Crippen LogP contribution in [0.5, 0.6) is 11.5 Å². The number of hydrogen-bond acceptors (Lipinski definition) is 4. The predicted octanol–water partition coefficient (Wildman–Crippen LogP) is 1.17. The normalized spacial score (nSPS) is 19.6. The minimum Gasteiger partial charge on any atom is -0.465 e. The molecular weight excluding hydrogens is 276 g/mol. The summed E-state index contributed by atoms with van der Waals surface area (Å²) in [7, 11) is 0. The van der Waals surface area contributed by atoms with E-state index >= 15 is 0 Å². The smallest absolute Gasteiger partial charge is 0.407 e. The van der Waals surface area contributed by atoms with Crippen molar-refractivity contribution in [1.29, 1.82) is 0 Å². The molecule has 0 saturated carbocycles. The summed E-state index contributed by atoms with van der Waals surface area (Å²) in [6.07, 6.45) is 0.240. The lowest BCUT2D eigenvalue weighted by molar-refractivity contribution is -0.125. The molecule has 7 nitrogen and oxygen atoms in total. The third-order valence-corrected chi connectivity index (χ3v) is 3.70. The summed E-state index contributed by atoms with van der Waals surface area (Å²) < 4.78 is 10.5. The number of rotatable bonds is 3. The molecule has 2 N–H and O–H groups in total. The molecule has 7 heteroatoms. The van der Waals surface area contributed by atoms with Gasteiger partial charge in [0.05, 0.1) is 0 Å². The van der Waals surface area contributed by atoms with E-state index in [2.05, 4.69) is 5.32 Å². The first-order chi connectivity index (χ1) is 10.1. The minimum absolute atomic E-state index is 0.209. The maximum absolute atomic E-state index is 12.1. The standard InChI is InChI=1S/C14H16N2O5/c17-13(10-2-1-5-16(10)14(18)19)15-7-9-3-4-11-12(6-9)21-8-20-11/h3-4,6,10H,1-2,5,7-8H2,(H,15,17)(H,18,19). The number of carbonyl (C=O) groups is 2. The van der Waals surface area contributed by atoms with Crippen molar-refractivity contribution in [1.82, 2.24) is 10.2 Å². The van der Waals surface area contributed by atoms with Crippen LogP contribution in [0.25, 0.3) is 0 Å². The number of likely N-dealkylation sites (tertiary alicyclic amines) is 1. The van der Waals surface area contributed by atoms with Gasteiger partial charge in [-0.05, 0) is 30.5 Å². The van der Waals surface area contributed by atoms with Crippen LogP contribution in [0, 0.1) is 0 Å². The van der Waals surface area contributed by atoms with Crippen LogP contribution in [0.4, 0.5) is 4.79 Å². The fourth-order valence-electron chi connectivity index (χ4n) is 2.63. The second-order valence-electron chi connectivity index (χ2n) is 5.04. The molecule has 0 aliphatic carbocycles. The minimum atomic E-state index is -1.05. The number of nitrogens with one attached hydrogen (secondary N) is 1. The molecule has 0 spiro atoms. The van der Waals surface area contributed by atoms with Gasteiger partial charge in [0.25, 0.3) is 0 Å². The van der Waals surface area contributed by atoms with Gasteiger partial charge in [0, 0.05) is 13.1 Å². The summed E-state index contributed by atoms with van der Waals surface area (Å²) in [6, 6.07) is 4.86. The fraction of sp³-hybridized carbons (Fsp3) is 0.429. The number of hydrogen-bond donors (Lipinski definition) is 2. The van der Waals surface area contributed by atoms with E-state index in [9.17, 15) is 9.59 Å². The van der Waals surface area contributed by atoms with Gasteiger partial charge in [0.2, 0.25) is 12.7 Å². The van der Waals surface area contributed by atoms with Crippen molar-refractivity contribution in [3.05, 3.63) is 23.8 Å². The maximum Gasteiger partial charge on any atom is 0.407 e. The second-order valence-corrected chi connectivity index (χ2v) is 5.04. The van der Waals surface area contributed by atoms with Gasteiger partial charge in [0.1, 0.15) is 6.04 Å². The van der Waals surface area contributed by atoms with Crippen molar-refractivity contribution in [3.63, 3.8) is 0 Å². The van der Waals surface area contributed by atoms with Crippen molar-refractivity contribution in [2.24, 2.45) is 0 Å². The molecule has 0 aromatic heterocycles. The number of nitrogens with zero attached hydrogens (tertiary/aromatic N) is 1. The second kappa shape index (κ2) is 5.51. The average Bonchev–Trinajstić information content (AvgIpc) is 3.12. The van der Waals surface area contributed by atoms with Crippen LogP contribution in [-0.4, -0.2) is 41.4 Å². The number of amides is 2.